The van der Waals surface area contributed by atoms with E-state index >= 15 is 0 Å². The molecule has 0 radical (unpaired) electrons. The maximum absolute atomic E-state index is 12.4. The van der Waals surface area contributed by atoms with Gasteiger partial charge in [0.15, 0.2) is 0 Å². The van der Waals surface area contributed by atoms with Gasteiger partial charge in [-0.05, 0) is 42.3 Å². The fourth-order valence-electron chi connectivity index (χ4n) is 1.96. The third kappa shape index (κ3) is 4.70. The Hall–Kier alpha value is -1.60. The van der Waals surface area contributed by atoms with Crippen LogP contribution >= 0.6 is 23.2 Å². The van der Waals surface area contributed by atoms with Crippen LogP contribution in [0.5, 0.6) is 0 Å². The minimum Gasteiger partial charge on any atom is -0.325 e. The number of rotatable bonds is 5. The van der Waals surface area contributed by atoms with Gasteiger partial charge in [-0.15, -0.1) is 0 Å². The number of sulfonamides is 1. The minimum absolute atomic E-state index is 0.0137. The van der Waals surface area contributed by atoms with Crippen LogP contribution in [0.2, 0.25) is 10.0 Å². The largest absolute Gasteiger partial charge is 0.325 e. The maximum Gasteiger partial charge on any atom is 0.240 e. The van der Waals surface area contributed by atoms with Crippen molar-refractivity contribution in [1.29, 1.82) is 0 Å². The van der Waals surface area contributed by atoms with Gasteiger partial charge in [-0.2, -0.15) is 0 Å². The number of hydrogen-bond donors (Lipinski definition) is 2. The fourth-order valence-corrected chi connectivity index (χ4v) is 3.50. The molecule has 8 heteroatoms. The lowest BCUT2D eigenvalue weighted by Crippen LogP contribution is -2.23. The van der Waals surface area contributed by atoms with Crippen molar-refractivity contribution in [3.05, 3.63) is 57.6 Å². The summed E-state index contributed by atoms with van der Waals surface area (Å²) in [7, 11) is -3.74. The summed E-state index contributed by atoms with van der Waals surface area (Å²) in [6.45, 7) is 3.32. The van der Waals surface area contributed by atoms with E-state index in [1.165, 1.54) is 25.1 Å². The van der Waals surface area contributed by atoms with Crippen molar-refractivity contribution in [2.75, 3.05) is 5.32 Å². The molecule has 0 bridgehead atoms. The van der Waals surface area contributed by atoms with Gasteiger partial charge in [0.05, 0.1) is 15.6 Å². The number of carbonyl (C=O) groups is 1. The molecule has 2 aromatic carbocycles. The normalized spacial score (nSPS) is 11.3. The third-order valence-electron chi connectivity index (χ3n) is 3.26. The molecule has 0 aliphatic rings. The van der Waals surface area contributed by atoms with Crippen LogP contribution in [0, 0.1) is 6.92 Å². The van der Waals surface area contributed by atoms with Gasteiger partial charge in [-0.25, -0.2) is 13.1 Å². The molecule has 24 heavy (non-hydrogen) atoms. The Kier molecular flexibility index (Phi) is 5.87. The van der Waals surface area contributed by atoms with Crippen LogP contribution in [0.15, 0.2) is 41.3 Å². The summed E-state index contributed by atoms with van der Waals surface area (Å²) in [4.78, 5) is 11.1. The van der Waals surface area contributed by atoms with Crippen LogP contribution in [0.3, 0.4) is 0 Å². The van der Waals surface area contributed by atoms with Gasteiger partial charge in [0.1, 0.15) is 0 Å². The molecule has 0 saturated heterocycles. The van der Waals surface area contributed by atoms with Crippen LogP contribution in [-0.2, 0) is 21.4 Å². The fraction of sp³-hybridized carbons (Fsp3) is 0.188. The molecule has 0 unspecified atom stereocenters. The van der Waals surface area contributed by atoms with Crippen LogP contribution in [0.25, 0.3) is 0 Å². The predicted molar refractivity (Wildman–Crippen MR) is 96.0 cm³/mol. The van der Waals surface area contributed by atoms with Gasteiger partial charge in [0.2, 0.25) is 15.9 Å². The molecular formula is C16H16Cl2N2O3S. The van der Waals surface area contributed by atoms with Crippen molar-refractivity contribution < 1.29 is 13.2 Å². The summed E-state index contributed by atoms with van der Waals surface area (Å²) in [6.07, 6.45) is 0. The van der Waals surface area contributed by atoms with E-state index < -0.39 is 10.0 Å². The second kappa shape index (κ2) is 7.53. The van der Waals surface area contributed by atoms with Gasteiger partial charge in [0, 0.05) is 18.5 Å². The molecule has 0 spiro atoms. The van der Waals surface area contributed by atoms with Crippen molar-refractivity contribution >= 4 is 44.8 Å². The molecule has 2 aromatic rings. The van der Waals surface area contributed by atoms with Crippen molar-refractivity contribution in [3.63, 3.8) is 0 Å². The molecule has 0 heterocycles. The van der Waals surface area contributed by atoms with Gasteiger partial charge >= 0.3 is 0 Å². The highest BCUT2D eigenvalue weighted by molar-refractivity contribution is 7.89. The molecular weight excluding hydrogens is 371 g/mol. The molecule has 2 N–H and O–H groups in total. The lowest BCUT2D eigenvalue weighted by molar-refractivity contribution is -0.114. The van der Waals surface area contributed by atoms with Crippen molar-refractivity contribution in [3.8, 4) is 0 Å². The highest BCUT2D eigenvalue weighted by atomic mass is 35.5. The summed E-state index contributed by atoms with van der Waals surface area (Å²) >= 11 is 12.0. The number of amides is 1. The molecule has 128 valence electrons. The predicted octanol–water partition coefficient (Wildman–Crippen LogP) is 3.74. The van der Waals surface area contributed by atoms with Crippen LogP contribution in [0.4, 0.5) is 5.69 Å². The summed E-state index contributed by atoms with van der Waals surface area (Å²) in [5, 5.41) is 3.24. The van der Waals surface area contributed by atoms with E-state index in [0.29, 0.717) is 10.7 Å². The number of nitrogens with one attached hydrogen (secondary N) is 2. The Morgan fingerprint density at radius 3 is 2.38 bits per heavy atom. The van der Waals surface area contributed by atoms with Crippen LogP contribution in [0.1, 0.15) is 18.1 Å². The molecule has 0 aliphatic heterocycles. The van der Waals surface area contributed by atoms with E-state index in [-0.39, 0.29) is 22.4 Å². The van der Waals surface area contributed by atoms with E-state index in [2.05, 4.69) is 10.0 Å². The van der Waals surface area contributed by atoms with E-state index in [1.807, 2.05) is 13.0 Å². The van der Waals surface area contributed by atoms with Gasteiger partial charge in [-0.1, -0.05) is 35.3 Å². The average Bonchev–Trinajstić information content (AvgIpc) is 2.50. The lowest BCUT2D eigenvalue weighted by Gasteiger charge is -2.10. The molecule has 0 saturated carbocycles. The Morgan fingerprint density at radius 1 is 1.08 bits per heavy atom. The van der Waals surface area contributed by atoms with Crippen molar-refractivity contribution in [1.82, 2.24) is 4.72 Å². The molecule has 1 amide bonds. The van der Waals surface area contributed by atoms with E-state index in [9.17, 15) is 13.2 Å². The number of aryl methyl sites for hydroxylation is 1. The second-order valence-corrected chi connectivity index (χ2v) is 7.81. The van der Waals surface area contributed by atoms with Crippen LogP contribution in [-0.4, -0.2) is 14.3 Å². The average molecular weight is 387 g/mol. The first-order valence-corrected chi connectivity index (χ1v) is 9.25. The number of carbonyl (C=O) groups excluding carboxylic acids is 1. The standard InChI is InChI=1S/C16H16Cl2N2O3S/c1-10-3-4-12(7-14(10)17)9-19-24(22,23)13-5-6-16(15(18)8-13)20-11(2)21/h3-8,19H,9H2,1-2H3,(H,20,21). The monoisotopic (exact) mass is 386 g/mol. The Balaban J connectivity index is 2.16. The molecule has 5 nitrogen and oxygen atoms in total. The van der Waals surface area contributed by atoms with Crippen molar-refractivity contribution in [2.24, 2.45) is 0 Å². The summed E-state index contributed by atoms with van der Waals surface area (Å²) in [6, 6.07) is 9.45. The first-order valence-electron chi connectivity index (χ1n) is 7.01. The van der Waals surface area contributed by atoms with Gasteiger partial charge in [0.25, 0.3) is 0 Å². The smallest absolute Gasteiger partial charge is 0.240 e. The molecule has 0 atom stereocenters. The lowest BCUT2D eigenvalue weighted by atomic mass is 10.1. The quantitative estimate of drug-likeness (QED) is 0.821. The molecule has 0 aromatic heterocycles. The van der Waals surface area contributed by atoms with Crippen LogP contribution < -0.4 is 10.0 Å². The number of halogens is 2. The topological polar surface area (TPSA) is 75.3 Å². The summed E-state index contributed by atoms with van der Waals surface area (Å²) in [5.74, 6) is -0.290. The number of anilines is 1. The Bertz CT molecular complexity index is 883. The summed E-state index contributed by atoms with van der Waals surface area (Å²) < 4.78 is 27.2. The number of hydrogen-bond acceptors (Lipinski definition) is 3. The number of benzene rings is 2. The first-order chi connectivity index (χ1) is 11.2. The third-order valence-corrected chi connectivity index (χ3v) is 5.38. The summed E-state index contributed by atoms with van der Waals surface area (Å²) in [5.41, 5.74) is 2.02. The maximum atomic E-state index is 12.4. The SMILES string of the molecule is CC(=O)Nc1ccc(S(=O)(=O)NCc2ccc(C)c(Cl)c2)cc1Cl. The highest BCUT2D eigenvalue weighted by Gasteiger charge is 2.16. The first kappa shape index (κ1) is 18.7. The van der Waals surface area contributed by atoms with Crippen molar-refractivity contribution in [2.45, 2.75) is 25.3 Å². The van der Waals surface area contributed by atoms with Gasteiger partial charge < -0.3 is 5.32 Å². The highest BCUT2D eigenvalue weighted by Crippen LogP contribution is 2.25. The molecule has 0 fully saturated rings. The second-order valence-electron chi connectivity index (χ2n) is 5.23. The zero-order valence-corrected chi connectivity index (χ0v) is 15.4. The molecule has 0 aliphatic carbocycles. The van der Waals surface area contributed by atoms with Gasteiger partial charge in [-0.3, -0.25) is 4.79 Å². The van der Waals surface area contributed by atoms with E-state index in [4.69, 9.17) is 23.2 Å². The van der Waals surface area contributed by atoms with E-state index in [0.717, 1.165) is 11.1 Å². The Morgan fingerprint density at radius 2 is 1.79 bits per heavy atom. The Labute approximate surface area is 151 Å². The molecule has 2 rings (SSSR count). The van der Waals surface area contributed by atoms with E-state index in [1.54, 1.807) is 12.1 Å². The zero-order chi connectivity index (χ0) is 17.9. The minimum atomic E-state index is -3.74. The zero-order valence-electron chi connectivity index (χ0n) is 13.1.